The Bertz CT molecular complexity index is 1690. The van der Waals surface area contributed by atoms with Crippen molar-refractivity contribution >= 4 is 67.6 Å². The van der Waals surface area contributed by atoms with Gasteiger partial charge in [-0.2, -0.15) is 0 Å². The Morgan fingerprint density at radius 3 is 2.53 bits per heavy atom. The molecule has 4 aromatic carbocycles. The third-order valence-corrected chi connectivity index (χ3v) is 7.69. The number of rotatable bonds is 5. The van der Waals surface area contributed by atoms with Crippen molar-refractivity contribution in [1.29, 1.82) is 0 Å². The SMILES string of the molecule is COc1ccccc1N1C(=O)/C(=C/c2cn(Cc3ccc4ccccc4c3)c3ccccc23)SC1=S. The van der Waals surface area contributed by atoms with Crippen molar-refractivity contribution in [1.82, 2.24) is 4.57 Å². The zero-order chi connectivity index (χ0) is 24.6. The minimum Gasteiger partial charge on any atom is -0.495 e. The molecule has 1 amide bonds. The van der Waals surface area contributed by atoms with Crippen molar-refractivity contribution in [3.05, 3.63) is 113 Å². The summed E-state index contributed by atoms with van der Waals surface area (Å²) in [5.41, 5.74) is 4.00. The molecular formula is C30H22N2O2S2. The number of anilines is 1. The number of benzene rings is 4. The van der Waals surface area contributed by atoms with E-state index >= 15 is 0 Å². The van der Waals surface area contributed by atoms with Gasteiger partial charge < -0.3 is 9.30 Å². The van der Waals surface area contributed by atoms with Crippen LogP contribution >= 0.6 is 24.0 Å². The average molecular weight is 507 g/mol. The summed E-state index contributed by atoms with van der Waals surface area (Å²) < 4.78 is 8.20. The van der Waals surface area contributed by atoms with Gasteiger partial charge in [-0.3, -0.25) is 9.69 Å². The Labute approximate surface area is 218 Å². The quantitative estimate of drug-likeness (QED) is 0.186. The molecule has 0 N–H and O–H groups in total. The van der Waals surface area contributed by atoms with Gasteiger partial charge in [0.2, 0.25) is 0 Å². The highest BCUT2D eigenvalue weighted by Gasteiger charge is 2.35. The fourth-order valence-corrected chi connectivity index (χ4v) is 5.96. The van der Waals surface area contributed by atoms with E-state index in [1.165, 1.54) is 28.1 Å². The van der Waals surface area contributed by atoms with Gasteiger partial charge in [-0.1, -0.05) is 90.7 Å². The van der Waals surface area contributed by atoms with Crippen LogP contribution in [0.1, 0.15) is 11.1 Å². The maximum absolute atomic E-state index is 13.4. The molecule has 1 aliphatic rings. The minimum atomic E-state index is -0.138. The number of thiocarbonyl (C=S) groups is 1. The molecule has 0 bridgehead atoms. The molecule has 0 aliphatic carbocycles. The second-order valence-electron chi connectivity index (χ2n) is 8.60. The van der Waals surface area contributed by atoms with E-state index in [2.05, 4.69) is 65.4 Å². The van der Waals surface area contributed by atoms with E-state index < -0.39 is 0 Å². The average Bonchev–Trinajstić information content (AvgIpc) is 3.39. The summed E-state index contributed by atoms with van der Waals surface area (Å²) in [5.74, 6) is 0.475. The molecular weight excluding hydrogens is 484 g/mol. The van der Waals surface area contributed by atoms with Crippen LogP contribution in [-0.4, -0.2) is 21.9 Å². The normalized spacial score (nSPS) is 14.9. The van der Waals surface area contributed by atoms with Crippen molar-refractivity contribution in [3.8, 4) is 5.75 Å². The number of para-hydroxylation sites is 3. The molecule has 1 aliphatic heterocycles. The molecule has 1 fully saturated rings. The topological polar surface area (TPSA) is 34.5 Å². The molecule has 6 rings (SSSR count). The number of amides is 1. The van der Waals surface area contributed by atoms with Gasteiger partial charge >= 0.3 is 0 Å². The lowest BCUT2D eigenvalue weighted by Gasteiger charge is -2.17. The predicted molar refractivity (Wildman–Crippen MR) is 154 cm³/mol. The second-order valence-corrected chi connectivity index (χ2v) is 10.3. The summed E-state index contributed by atoms with van der Waals surface area (Å²) in [6.07, 6.45) is 4.07. The van der Waals surface area contributed by atoms with E-state index in [-0.39, 0.29) is 5.91 Å². The summed E-state index contributed by atoms with van der Waals surface area (Å²) >= 11 is 6.91. The molecule has 0 unspecified atom stereocenters. The minimum absolute atomic E-state index is 0.138. The van der Waals surface area contributed by atoms with Crippen molar-refractivity contribution in [2.45, 2.75) is 6.54 Å². The third-order valence-electron chi connectivity index (χ3n) is 6.39. The highest BCUT2D eigenvalue weighted by molar-refractivity contribution is 8.27. The van der Waals surface area contributed by atoms with Crippen LogP contribution in [-0.2, 0) is 11.3 Å². The Morgan fingerprint density at radius 1 is 0.917 bits per heavy atom. The molecule has 2 heterocycles. The van der Waals surface area contributed by atoms with Crippen molar-refractivity contribution in [3.63, 3.8) is 0 Å². The number of aromatic nitrogens is 1. The summed E-state index contributed by atoms with van der Waals surface area (Å²) in [7, 11) is 1.59. The number of hydrogen-bond acceptors (Lipinski definition) is 4. The summed E-state index contributed by atoms with van der Waals surface area (Å²) in [6, 6.07) is 30.7. The molecule has 1 aromatic heterocycles. The Hall–Kier alpha value is -3.87. The Kier molecular flexibility index (Phi) is 5.83. The standard InChI is InChI=1S/C30H22N2O2S2/c1-34-27-13-7-6-12-26(27)32-29(33)28(36-30(32)35)17-23-19-31(25-11-5-4-10-24(23)25)18-20-14-15-21-8-2-3-9-22(21)16-20/h2-17,19H,18H2,1H3/b28-17-. The van der Waals surface area contributed by atoms with Crippen LogP contribution in [0.3, 0.4) is 0 Å². The first-order valence-electron chi connectivity index (χ1n) is 11.6. The first kappa shape index (κ1) is 22.6. The fraction of sp³-hybridized carbons (Fsp3) is 0.0667. The van der Waals surface area contributed by atoms with Crippen LogP contribution < -0.4 is 9.64 Å². The molecule has 1 saturated heterocycles. The van der Waals surface area contributed by atoms with Gasteiger partial charge in [0.25, 0.3) is 5.91 Å². The number of hydrogen-bond donors (Lipinski definition) is 0. The van der Waals surface area contributed by atoms with E-state index in [0.29, 0.717) is 20.7 Å². The highest BCUT2D eigenvalue weighted by atomic mass is 32.2. The number of methoxy groups -OCH3 is 1. The zero-order valence-corrected chi connectivity index (χ0v) is 21.2. The van der Waals surface area contributed by atoms with E-state index in [1.807, 2.05) is 42.5 Å². The first-order valence-corrected chi connectivity index (χ1v) is 12.8. The van der Waals surface area contributed by atoms with E-state index in [9.17, 15) is 4.79 Å². The maximum Gasteiger partial charge on any atom is 0.270 e. The van der Waals surface area contributed by atoms with Gasteiger partial charge in [-0.15, -0.1) is 0 Å². The molecule has 0 radical (unpaired) electrons. The van der Waals surface area contributed by atoms with Gasteiger partial charge in [-0.25, -0.2) is 0 Å². The largest absolute Gasteiger partial charge is 0.495 e. The number of fused-ring (bicyclic) bond motifs is 2. The van der Waals surface area contributed by atoms with E-state index in [1.54, 1.807) is 12.0 Å². The first-order chi connectivity index (χ1) is 17.6. The molecule has 0 spiro atoms. The van der Waals surface area contributed by atoms with Crippen molar-refractivity contribution in [2.24, 2.45) is 0 Å². The lowest BCUT2D eigenvalue weighted by molar-refractivity contribution is -0.113. The van der Waals surface area contributed by atoms with Gasteiger partial charge in [-0.05, 0) is 46.7 Å². The van der Waals surface area contributed by atoms with Gasteiger partial charge in [0.1, 0.15) is 5.75 Å². The molecule has 6 heteroatoms. The van der Waals surface area contributed by atoms with Crippen LogP contribution in [0.25, 0.3) is 27.8 Å². The van der Waals surface area contributed by atoms with E-state index in [4.69, 9.17) is 17.0 Å². The molecule has 5 aromatic rings. The summed E-state index contributed by atoms with van der Waals surface area (Å²) in [5, 5.41) is 3.56. The second kappa shape index (κ2) is 9.30. The highest BCUT2D eigenvalue weighted by Crippen LogP contribution is 2.40. The van der Waals surface area contributed by atoms with Crippen LogP contribution in [0, 0.1) is 0 Å². The summed E-state index contributed by atoms with van der Waals surface area (Å²) in [4.78, 5) is 15.6. The third kappa shape index (κ3) is 3.98. The van der Waals surface area contributed by atoms with Gasteiger partial charge in [0, 0.05) is 29.2 Å². The number of carbonyl (C=O) groups is 1. The van der Waals surface area contributed by atoms with Crippen molar-refractivity contribution < 1.29 is 9.53 Å². The van der Waals surface area contributed by atoms with Crippen LogP contribution in [0.2, 0.25) is 0 Å². The van der Waals surface area contributed by atoms with Crippen LogP contribution in [0.15, 0.2) is 102 Å². The number of carbonyl (C=O) groups excluding carboxylic acids is 1. The van der Waals surface area contributed by atoms with Gasteiger partial charge in [0.15, 0.2) is 4.32 Å². The lowest BCUT2D eigenvalue weighted by Crippen LogP contribution is -2.27. The zero-order valence-electron chi connectivity index (χ0n) is 19.5. The van der Waals surface area contributed by atoms with Crippen LogP contribution in [0.4, 0.5) is 5.69 Å². The Balaban J connectivity index is 1.37. The van der Waals surface area contributed by atoms with Gasteiger partial charge in [0.05, 0.1) is 17.7 Å². The van der Waals surface area contributed by atoms with Crippen LogP contribution in [0.5, 0.6) is 5.75 Å². The summed E-state index contributed by atoms with van der Waals surface area (Å²) in [6.45, 7) is 0.737. The monoisotopic (exact) mass is 506 g/mol. The maximum atomic E-state index is 13.4. The molecule has 0 saturated carbocycles. The number of thioether (sulfide) groups is 1. The van der Waals surface area contributed by atoms with Crippen molar-refractivity contribution in [2.75, 3.05) is 12.0 Å². The predicted octanol–water partition coefficient (Wildman–Crippen LogP) is 7.26. The number of nitrogens with zero attached hydrogens (tertiary/aromatic N) is 2. The molecule has 0 atom stereocenters. The molecule has 4 nitrogen and oxygen atoms in total. The molecule has 36 heavy (non-hydrogen) atoms. The fourth-order valence-electron chi connectivity index (χ4n) is 4.69. The lowest BCUT2D eigenvalue weighted by atomic mass is 10.1. The Morgan fingerprint density at radius 2 is 1.67 bits per heavy atom. The number of ether oxygens (including phenoxy) is 1. The molecule has 176 valence electrons. The smallest absolute Gasteiger partial charge is 0.270 e. The van der Waals surface area contributed by atoms with E-state index in [0.717, 1.165) is 23.0 Å².